The minimum Gasteiger partial charge on any atom is -0.378 e. The molecule has 0 bridgehead atoms. The van der Waals surface area contributed by atoms with Crippen molar-refractivity contribution in [2.45, 2.75) is 32.4 Å². The summed E-state index contributed by atoms with van der Waals surface area (Å²) >= 11 is 0. The normalized spacial score (nSPS) is 14.5. The van der Waals surface area contributed by atoms with Gasteiger partial charge in [-0.1, -0.05) is 18.2 Å². The van der Waals surface area contributed by atoms with Crippen LogP contribution in [-0.2, 0) is 6.54 Å². The van der Waals surface area contributed by atoms with Gasteiger partial charge in [0.2, 0.25) is 0 Å². The second-order valence-electron chi connectivity index (χ2n) is 5.71. The molecule has 106 valence electrons. The van der Waals surface area contributed by atoms with E-state index < -0.39 is 0 Å². The zero-order valence-corrected chi connectivity index (χ0v) is 12.1. The molecular formula is C17H18N4. The third-order valence-electron chi connectivity index (χ3n) is 4.01. The van der Waals surface area contributed by atoms with E-state index in [9.17, 15) is 0 Å². The highest BCUT2D eigenvalue weighted by molar-refractivity contribution is 5.90. The first-order valence-electron chi connectivity index (χ1n) is 7.42. The van der Waals surface area contributed by atoms with Crippen LogP contribution in [0.1, 0.15) is 30.3 Å². The molecule has 4 heteroatoms. The van der Waals surface area contributed by atoms with Gasteiger partial charge in [-0.2, -0.15) is 0 Å². The highest BCUT2D eigenvalue weighted by atomic mass is 15.1. The minimum atomic E-state index is 0.664. The number of anilines is 1. The number of aromatic nitrogens is 3. The topological polar surface area (TPSA) is 42.7 Å². The third-order valence-corrected chi connectivity index (χ3v) is 4.01. The van der Waals surface area contributed by atoms with Crippen molar-refractivity contribution in [3.8, 4) is 0 Å². The number of nitrogens with zero attached hydrogens (tertiary/aromatic N) is 3. The van der Waals surface area contributed by atoms with Gasteiger partial charge in [0, 0.05) is 23.3 Å². The Balaban J connectivity index is 1.62. The van der Waals surface area contributed by atoms with Crippen LogP contribution in [0.3, 0.4) is 0 Å². The van der Waals surface area contributed by atoms with Gasteiger partial charge in [-0.3, -0.25) is 4.98 Å². The molecule has 4 rings (SSSR count). The Bertz CT molecular complexity index is 786. The van der Waals surface area contributed by atoms with Crippen molar-refractivity contribution >= 4 is 16.6 Å². The second-order valence-corrected chi connectivity index (χ2v) is 5.71. The molecule has 0 atom stereocenters. The predicted octanol–water partition coefficient (Wildman–Crippen LogP) is 3.69. The van der Waals surface area contributed by atoms with Gasteiger partial charge in [0.15, 0.2) is 0 Å². The highest BCUT2D eigenvalue weighted by Crippen LogP contribution is 2.35. The van der Waals surface area contributed by atoms with Crippen LogP contribution in [0.4, 0.5) is 5.69 Å². The first kappa shape index (κ1) is 12.4. The fraction of sp³-hybridized carbons (Fsp3) is 0.294. The lowest BCUT2D eigenvalue weighted by Crippen LogP contribution is -2.06. The van der Waals surface area contributed by atoms with E-state index in [0.717, 1.165) is 23.4 Å². The SMILES string of the molecule is Cc1ccc2cccc(NCc3cncn3C3CC3)c2n1. The summed E-state index contributed by atoms with van der Waals surface area (Å²) < 4.78 is 2.29. The average molecular weight is 278 g/mol. The summed E-state index contributed by atoms with van der Waals surface area (Å²) in [5.41, 5.74) is 4.40. The van der Waals surface area contributed by atoms with Crippen LogP contribution in [0.15, 0.2) is 42.9 Å². The van der Waals surface area contributed by atoms with Crippen molar-refractivity contribution in [2.24, 2.45) is 0 Å². The molecule has 1 fully saturated rings. The maximum absolute atomic E-state index is 4.66. The van der Waals surface area contributed by atoms with Crippen molar-refractivity contribution in [3.05, 3.63) is 54.2 Å². The molecule has 1 aliphatic carbocycles. The zero-order valence-electron chi connectivity index (χ0n) is 12.1. The van der Waals surface area contributed by atoms with Gasteiger partial charge in [-0.25, -0.2) is 4.98 Å². The smallest absolute Gasteiger partial charge is 0.0951 e. The minimum absolute atomic E-state index is 0.664. The Kier molecular flexibility index (Phi) is 2.88. The Labute approximate surface area is 123 Å². The summed E-state index contributed by atoms with van der Waals surface area (Å²) in [7, 11) is 0. The van der Waals surface area contributed by atoms with Crippen LogP contribution in [0, 0.1) is 6.92 Å². The number of imidazole rings is 1. The fourth-order valence-electron chi connectivity index (χ4n) is 2.72. The van der Waals surface area contributed by atoms with Gasteiger partial charge in [-0.15, -0.1) is 0 Å². The molecule has 2 heterocycles. The van der Waals surface area contributed by atoms with Gasteiger partial charge in [0.25, 0.3) is 0 Å². The Morgan fingerprint density at radius 1 is 1.24 bits per heavy atom. The molecule has 0 saturated heterocycles. The van der Waals surface area contributed by atoms with Crippen molar-refractivity contribution in [1.82, 2.24) is 14.5 Å². The lowest BCUT2D eigenvalue weighted by Gasteiger charge is -2.11. The highest BCUT2D eigenvalue weighted by Gasteiger charge is 2.24. The van der Waals surface area contributed by atoms with Crippen LogP contribution < -0.4 is 5.32 Å². The molecule has 1 saturated carbocycles. The lowest BCUT2D eigenvalue weighted by molar-refractivity contribution is 0.701. The summed E-state index contributed by atoms with van der Waals surface area (Å²) in [6.45, 7) is 2.81. The van der Waals surface area contributed by atoms with E-state index >= 15 is 0 Å². The van der Waals surface area contributed by atoms with Crippen LogP contribution in [0.2, 0.25) is 0 Å². The average Bonchev–Trinajstić information content (AvgIpc) is 3.24. The largest absolute Gasteiger partial charge is 0.378 e. The van der Waals surface area contributed by atoms with Crippen LogP contribution >= 0.6 is 0 Å². The van der Waals surface area contributed by atoms with E-state index in [-0.39, 0.29) is 0 Å². The third kappa shape index (κ3) is 2.37. The molecule has 0 spiro atoms. The lowest BCUT2D eigenvalue weighted by atomic mass is 10.1. The molecule has 2 aromatic heterocycles. The molecule has 0 radical (unpaired) electrons. The molecule has 1 aromatic carbocycles. The van der Waals surface area contributed by atoms with Crippen LogP contribution in [-0.4, -0.2) is 14.5 Å². The summed E-state index contributed by atoms with van der Waals surface area (Å²) in [6.07, 6.45) is 6.45. The summed E-state index contributed by atoms with van der Waals surface area (Å²) in [6, 6.07) is 11.1. The maximum atomic E-state index is 4.66. The number of hydrogen-bond acceptors (Lipinski definition) is 3. The first-order valence-corrected chi connectivity index (χ1v) is 7.42. The van der Waals surface area contributed by atoms with Crippen LogP contribution in [0.5, 0.6) is 0 Å². The zero-order chi connectivity index (χ0) is 14.2. The first-order chi connectivity index (χ1) is 10.3. The molecule has 3 aromatic rings. The molecular weight excluding hydrogens is 260 g/mol. The maximum Gasteiger partial charge on any atom is 0.0951 e. The fourth-order valence-corrected chi connectivity index (χ4v) is 2.72. The molecule has 1 aliphatic rings. The number of benzene rings is 1. The summed E-state index contributed by atoms with van der Waals surface area (Å²) in [4.78, 5) is 8.94. The van der Waals surface area contributed by atoms with Gasteiger partial charge in [0.05, 0.1) is 29.8 Å². The molecule has 1 N–H and O–H groups in total. The molecule has 4 nitrogen and oxygen atoms in total. The van der Waals surface area contributed by atoms with E-state index in [2.05, 4.69) is 44.1 Å². The Morgan fingerprint density at radius 3 is 3.00 bits per heavy atom. The molecule has 0 amide bonds. The number of nitrogens with one attached hydrogen (secondary N) is 1. The van der Waals surface area contributed by atoms with Gasteiger partial charge in [-0.05, 0) is 31.9 Å². The van der Waals surface area contributed by atoms with E-state index in [0.29, 0.717) is 6.04 Å². The number of rotatable bonds is 4. The van der Waals surface area contributed by atoms with Crippen molar-refractivity contribution in [2.75, 3.05) is 5.32 Å². The number of hydrogen-bond donors (Lipinski definition) is 1. The Morgan fingerprint density at radius 2 is 2.14 bits per heavy atom. The number of pyridine rings is 1. The van der Waals surface area contributed by atoms with Gasteiger partial charge in [0.1, 0.15) is 0 Å². The van der Waals surface area contributed by atoms with E-state index in [1.807, 2.05) is 25.5 Å². The number of aryl methyl sites for hydroxylation is 1. The van der Waals surface area contributed by atoms with Crippen molar-refractivity contribution in [1.29, 1.82) is 0 Å². The summed E-state index contributed by atoms with van der Waals surface area (Å²) in [5.74, 6) is 0. The predicted molar refractivity (Wildman–Crippen MR) is 84.3 cm³/mol. The molecule has 0 unspecified atom stereocenters. The van der Waals surface area contributed by atoms with Crippen molar-refractivity contribution < 1.29 is 0 Å². The van der Waals surface area contributed by atoms with E-state index in [4.69, 9.17) is 0 Å². The van der Waals surface area contributed by atoms with Gasteiger partial charge < -0.3 is 9.88 Å². The summed E-state index contributed by atoms with van der Waals surface area (Å²) in [5, 5.41) is 4.68. The standard InChI is InChI=1S/C17H18N4/c1-12-5-6-13-3-2-4-16(17(13)20-12)19-10-15-9-18-11-21(15)14-7-8-14/h2-6,9,11,14,19H,7-8,10H2,1H3. The van der Waals surface area contributed by atoms with Gasteiger partial charge >= 0.3 is 0 Å². The van der Waals surface area contributed by atoms with E-state index in [1.165, 1.54) is 23.9 Å². The molecule has 0 aliphatic heterocycles. The van der Waals surface area contributed by atoms with E-state index in [1.54, 1.807) is 0 Å². The number of fused-ring (bicyclic) bond motifs is 1. The monoisotopic (exact) mass is 278 g/mol. The quantitative estimate of drug-likeness (QED) is 0.791. The number of para-hydroxylation sites is 1. The van der Waals surface area contributed by atoms with Crippen LogP contribution in [0.25, 0.3) is 10.9 Å². The Hall–Kier alpha value is -2.36. The second kappa shape index (κ2) is 4.88. The molecule has 21 heavy (non-hydrogen) atoms. The van der Waals surface area contributed by atoms with Crippen molar-refractivity contribution in [3.63, 3.8) is 0 Å².